The van der Waals surface area contributed by atoms with Gasteiger partial charge in [0.2, 0.25) is 0 Å². The number of aliphatic hydroxyl groups is 2. The lowest BCUT2D eigenvalue weighted by atomic mass is 9.50. The van der Waals surface area contributed by atoms with Crippen LogP contribution in [0.15, 0.2) is 0 Å². The minimum atomic E-state index is -0.842. The highest BCUT2D eigenvalue weighted by Crippen LogP contribution is 2.60. The minimum Gasteiger partial charge on any atom is -0.458 e. The van der Waals surface area contributed by atoms with E-state index in [4.69, 9.17) is 4.74 Å². The van der Waals surface area contributed by atoms with Crippen molar-refractivity contribution in [3.8, 4) is 0 Å². The van der Waals surface area contributed by atoms with Crippen LogP contribution in [0.1, 0.15) is 80.6 Å². The van der Waals surface area contributed by atoms with E-state index in [1.54, 1.807) is 0 Å². The second kappa shape index (κ2) is 5.48. The van der Waals surface area contributed by atoms with Gasteiger partial charge in [0.05, 0.1) is 16.6 Å². The summed E-state index contributed by atoms with van der Waals surface area (Å²) in [5, 5.41) is 21.3. The number of hydrogen-bond acceptors (Lipinski definition) is 4. The second-order valence-electron chi connectivity index (χ2n) is 8.27. The first-order valence-electron chi connectivity index (χ1n) is 7.78. The molecule has 4 heteroatoms. The smallest absolute Gasteiger partial charge is 0.312 e. The van der Waals surface area contributed by atoms with E-state index in [9.17, 15) is 15.0 Å². The average molecular weight is 314 g/mol. The summed E-state index contributed by atoms with van der Waals surface area (Å²) in [6.07, 6.45) is 4.42. The van der Waals surface area contributed by atoms with Crippen LogP contribution in [0, 0.1) is 11.3 Å². The van der Waals surface area contributed by atoms with Gasteiger partial charge in [-0.15, -0.1) is 0 Å². The Bertz CT molecular complexity index is 424. The van der Waals surface area contributed by atoms with E-state index < -0.39 is 22.2 Å². The molecular weight excluding hydrogens is 280 g/mol. The van der Waals surface area contributed by atoms with Crippen molar-refractivity contribution < 1.29 is 19.7 Å². The second-order valence-corrected chi connectivity index (χ2v) is 8.27. The molecular formula is C18H34O4. The van der Waals surface area contributed by atoms with E-state index in [1.165, 1.54) is 0 Å². The van der Waals surface area contributed by atoms with Gasteiger partial charge >= 0.3 is 5.97 Å². The summed E-state index contributed by atoms with van der Waals surface area (Å²) in [7, 11) is 0. The predicted octanol–water partition coefficient (Wildman–Crippen LogP) is 3.44. The zero-order chi connectivity index (χ0) is 14.8. The Hall–Kier alpha value is -0.610. The summed E-state index contributed by atoms with van der Waals surface area (Å²) in [6.45, 7) is 5.75. The van der Waals surface area contributed by atoms with Gasteiger partial charge < -0.3 is 14.9 Å². The zero-order valence-electron chi connectivity index (χ0n) is 12.7. The van der Waals surface area contributed by atoms with Crippen molar-refractivity contribution in [1.82, 2.24) is 0 Å². The third kappa shape index (κ3) is 3.05. The Morgan fingerprint density at radius 3 is 2.00 bits per heavy atom. The van der Waals surface area contributed by atoms with Crippen LogP contribution in [0.4, 0.5) is 0 Å². The normalized spacial score (nSPS) is 42.3. The highest BCUT2D eigenvalue weighted by atomic mass is 16.6. The van der Waals surface area contributed by atoms with Crippen LogP contribution in [0.3, 0.4) is 0 Å². The molecule has 0 aromatic rings. The molecule has 0 saturated heterocycles. The Kier molecular flexibility index (Phi) is 4.84. The lowest BCUT2D eigenvalue weighted by Crippen LogP contribution is -2.67. The summed E-state index contributed by atoms with van der Waals surface area (Å²) in [4.78, 5) is 12.4. The molecule has 0 heterocycles. The summed E-state index contributed by atoms with van der Waals surface area (Å²) < 4.78 is 5.88. The van der Waals surface area contributed by atoms with E-state index in [-0.39, 0.29) is 26.7 Å². The lowest BCUT2D eigenvalue weighted by molar-refractivity contribution is -0.264. The van der Waals surface area contributed by atoms with Crippen molar-refractivity contribution in [3.05, 3.63) is 0 Å². The lowest BCUT2D eigenvalue weighted by Gasteiger charge is -2.62. The minimum absolute atomic E-state index is 0. The SMILES string of the molecule is C.C.CCC(C)(C)C(=O)OC12CC3CC(O)(CC(O)(C3)C1)C2. The molecule has 0 spiro atoms. The predicted molar refractivity (Wildman–Crippen MR) is 87.4 cm³/mol. The first-order valence-corrected chi connectivity index (χ1v) is 7.78. The van der Waals surface area contributed by atoms with Crippen LogP contribution in [0.25, 0.3) is 0 Å². The van der Waals surface area contributed by atoms with Crippen LogP contribution < -0.4 is 0 Å². The molecule has 0 aliphatic heterocycles. The molecule has 2 unspecified atom stereocenters. The van der Waals surface area contributed by atoms with Gasteiger partial charge in [0, 0.05) is 19.3 Å². The van der Waals surface area contributed by atoms with Gasteiger partial charge in [0.25, 0.3) is 0 Å². The zero-order valence-corrected chi connectivity index (χ0v) is 12.7. The number of hydrogen-bond donors (Lipinski definition) is 2. The molecule has 0 aromatic carbocycles. The molecule has 4 aliphatic carbocycles. The Morgan fingerprint density at radius 1 is 1.09 bits per heavy atom. The summed E-state index contributed by atoms with van der Waals surface area (Å²) in [5.74, 6) is 0.0768. The van der Waals surface area contributed by atoms with Crippen molar-refractivity contribution in [1.29, 1.82) is 0 Å². The first kappa shape index (κ1) is 19.4. The largest absolute Gasteiger partial charge is 0.458 e. The van der Waals surface area contributed by atoms with Crippen LogP contribution in [-0.4, -0.2) is 33.0 Å². The molecule has 0 amide bonds. The van der Waals surface area contributed by atoms with Crippen molar-refractivity contribution >= 4 is 5.97 Å². The number of rotatable bonds is 3. The monoisotopic (exact) mass is 314 g/mol. The quantitative estimate of drug-likeness (QED) is 0.783. The molecule has 4 bridgehead atoms. The van der Waals surface area contributed by atoms with Gasteiger partial charge in [-0.3, -0.25) is 4.79 Å². The molecule has 4 fully saturated rings. The van der Waals surface area contributed by atoms with Gasteiger partial charge in [-0.1, -0.05) is 21.8 Å². The molecule has 0 radical (unpaired) electrons. The molecule has 4 saturated carbocycles. The number of carbonyl (C=O) groups is 1. The first-order chi connectivity index (χ1) is 9.10. The van der Waals surface area contributed by atoms with Gasteiger partial charge in [0.1, 0.15) is 5.60 Å². The fraction of sp³-hybridized carbons (Fsp3) is 0.944. The highest BCUT2D eigenvalue weighted by molar-refractivity contribution is 5.76. The molecule has 4 nitrogen and oxygen atoms in total. The van der Waals surface area contributed by atoms with E-state index in [1.807, 2.05) is 20.8 Å². The van der Waals surface area contributed by atoms with Gasteiger partial charge in [0.15, 0.2) is 0 Å². The topological polar surface area (TPSA) is 66.8 Å². The van der Waals surface area contributed by atoms with Crippen molar-refractivity contribution in [2.45, 2.75) is 97.4 Å². The Morgan fingerprint density at radius 2 is 1.59 bits per heavy atom. The van der Waals surface area contributed by atoms with Crippen LogP contribution in [0.5, 0.6) is 0 Å². The third-order valence-corrected chi connectivity index (χ3v) is 5.70. The standard InChI is InChI=1S/C16H26O4.2CH4/c1-4-13(2,3)12(17)20-16-7-11-5-14(18,9-16)8-15(19,6-11)10-16;;/h11,18-19H,4-10H2,1-3H3;2*1H4. The molecule has 4 aliphatic rings. The van der Waals surface area contributed by atoms with E-state index in [2.05, 4.69) is 0 Å². The Balaban J connectivity index is 0.00000121. The van der Waals surface area contributed by atoms with Crippen molar-refractivity contribution in [3.63, 3.8) is 0 Å². The van der Waals surface area contributed by atoms with Gasteiger partial charge in [-0.25, -0.2) is 0 Å². The summed E-state index contributed by atoms with van der Waals surface area (Å²) in [5.41, 5.74) is -2.84. The summed E-state index contributed by atoms with van der Waals surface area (Å²) in [6, 6.07) is 0. The van der Waals surface area contributed by atoms with E-state index in [0.29, 0.717) is 19.3 Å². The maximum Gasteiger partial charge on any atom is 0.312 e. The summed E-state index contributed by atoms with van der Waals surface area (Å²) >= 11 is 0. The van der Waals surface area contributed by atoms with Gasteiger partial charge in [-0.2, -0.15) is 0 Å². The fourth-order valence-electron chi connectivity index (χ4n) is 4.84. The number of esters is 1. The van der Waals surface area contributed by atoms with Gasteiger partial charge in [-0.05, 0) is 45.4 Å². The van der Waals surface area contributed by atoms with Crippen LogP contribution >= 0.6 is 0 Å². The molecule has 2 atom stereocenters. The molecule has 22 heavy (non-hydrogen) atoms. The molecule has 130 valence electrons. The maximum atomic E-state index is 12.4. The van der Waals surface area contributed by atoms with E-state index in [0.717, 1.165) is 25.7 Å². The third-order valence-electron chi connectivity index (χ3n) is 5.70. The fourth-order valence-corrected chi connectivity index (χ4v) is 4.84. The maximum absolute atomic E-state index is 12.4. The highest BCUT2D eigenvalue weighted by Gasteiger charge is 2.64. The van der Waals surface area contributed by atoms with Crippen LogP contribution in [-0.2, 0) is 9.53 Å². The average Bonchev–Trinajstić information content (AvgIpc) is 2.22. The van der Waals surface area contributed by atoms with Crippen LogP contribution in [0.2, 0.25) is 0 Å². The van der Waals surface area contributed by atoms with Crippen molar-refractivity contribution in [2.75, 3.05) is 0 Å². The van der Waals surface area contributed by atoms with E-state index >= 15 is 0 Å². The molecule has 2 N–H and O–H groups in total. The molecule has 4 rings (SSSR count). The molecule has 0 aromatic heterocycles. The Labute approximate surface area is 135 Å². The van der Waals surface area contributed by atoms with Crippen molar-refractivity contribution in [2.24, 2.45) is 11.3 Å². The number of carbonyl (C=O) groups excluding carboxylic acids is 1. The number of ether oxygens (including phenoxy) is 1.